The van der Waals surface area contributed by atoms with E-state index in [0.29, 0.717) is 13.2 Å². The number of carbonyl (C=O) groups excluding carboxylic acids is 1. The highest BCUT2D eigenvalue weighted by Crippen LogP contribution is 2.27. The predicted molar refractivity (Wildman–Crippen MR) is 70.3 cm³/mol. The van der Waals surface area contributed by atoms with E-state index in [1.54, 1.807) is 6.92 Å². The molecule has 0 amide bonds. The van der Waals surface area contributed by atoms with Gasteiger partial charge >= 0.3 is 5.97 Å². The lowest BCUT2D eigenvalue weighted by Crippen LogP contribution is -2.58. The van der Waals surface area contributed by atoms with Crippen LogP contribution in [0.1, 0.15) is 26.7 Å². The molecule has 0 spiro atoms. The summed E-state index contributed by atoms with van der Waals surface area (Å²) >= 11 is 0. The number of hydrogen-bond donors (Lipinski definition) is 1. The molecule has 2 rings (SSSR count). The van der Waals surface area contributed by atoms with E-state index in [9.17, 15) is 4.79 Å². The average molecular weight is 255 g/mol. The Kier molecular flexibility index (Phi) is 4.25. The summed E-state index contributed by atoms with van der Waals surface area (Å²) in [6.45, 7) is 8.75. The Balaban J connectivity index is 1.77. The highest BCUT2D eigenvalue weighted by atomic mass is 16.5. The molecule has 2 aliphatic rings. The van der Waals surface area contributed by atoms with E-state index >= 15 is 0 Å². The van der Waals surface area contributed by atoms with E-state index < -0.39 is 5.54 Å². The van der Waals surface area contributed by atoms with Crippen molar-refractivity contribution in [1.82, 2.24) is 9.80 Å². The lowest BCUT2D eigenvalue weighted by atomic mass is 10.0. The Hall–Kier alpha value is -0.650. The first kappa shape index (κ1) is 13.8. The molecule has 1 aliphatic heterocycles. The molecule has 1 saturated heterocycles. The van der Waals surface area contributed by atoms with Crippen LogP contribution in [0, 0.1) is 0 Å². The molecule has 0 aromatic heterocycles. The van der Waals surface area contributed by atoms with Crippen LogP contribution >= 0.6 is 0 Å². The monoisotopic (exact) mass is 255 g/mol. The maximum Gasteiger partial charge on any atom is 0.327 e. The third-order valence-corrected chi connectivity index (χ3v) is 3.76. The number of rotatable bonds is 5. The molecular formula is C13H25N3O2. The molecule has 0 aromatic carbocycles. The van der Waals surface area contributed by atoms with Crippen LogP contribution in [-0.2, 0) is 9.53 Å². The van der Waals surface area contributed by atoms with Crippen LogP contribution in [0.5, 0.6) is 0 Å². The van der Waals surface area contributed by atoms with Gasteiger partial charge in [-0.15, -0.1) is 0 Å². The summed E-state index contributed by atoms with van der Waals surface area (Å²) < 4.78 is 5.02. The van der Waals surface area contributed by atoms with Gasteiger partial charge in [0.25, 0.3) is 0 Å². The molecule has 0 radical (unpaired) electrons. The molecule has 1 unspecified atom stereocenters. The summed E-state index contributed by atoms with van der Waals surface area (Å²) in [5.74, 6) is -0.297. The number of carbonyl (C=O) groups is 1. The Morgan fingerprint density at radius 1 is 1.33 bits per heavy atom. The van der Waals surface area contributed by atoms with Crippen molar-refractivity contribution >= 4 is 5.97 Å². The van der Waals surface area contributed by atoms with E-state index in [1.807, 2.05) is 6.92 Å². The Morgan fingerprint density at radius 2 is 1.94 bits per heavy atom. The smallest absolute Gasteiger partial charge is 0.327 e. The molecule has 18 heavy (non-hydrogen) atoms. The van der Waals surface area contributed by atoms with Crippen LogP contribution in [0.2, 0.25) is 0 Å². The minimum Gasteiger partial charge on any atom is -0.465 e. The Bertz CT molecular complexity index is 295. The minimum atomic E-state index is -0.891. The number of esters is 1. The van der Waals surface area contributed by atoms with Crippen molar-refractivity contribution in [3.05, 3.63) is 0 Å². The van der Waals surface area contributed by atoms with Gasteiger partial charge < -0.3 is 10.5 Å². The van der Waals surface area contributed by atoms with E-state index in [-0.39, 0.29) is 5.97 Å². The molecule has 5 nitrogen and oxygen atoms in total. The fraction of sp³-hybridized carbons (Fsp3) is 0.923. The van der Waals surface area contributed by atoms with Crippen LogP contribution in [-0.4, -0.2) is 66.7 Å². The van der Waals surface area contributed by atoms with Gasteiger partial charge in [0, 0.05) is 38.8 Å². The minimum absolute atomic E-state index is 0.297. The zero-order valence-electron chi connectivity index (χ0n) is 11.5. The largest absolute Gasteiger partial charge is 0.465 e. The van der Waals surface area contributed by atoms with E-state index in [0.717, 1.165) is 32.2 Å². The highest BCUT2D eigenvalue weighted by molar-refractivity contribution is 5.80. The molecule has 1 atom stereocenters. The van der Waals surface area contributed by atoms with Gasteiger partial charge in [0.2, 0.25) is 0 Å². The van der Waals surface area contributed by atoms with Crippen molar-refractivity contribution < 1.29 is 9.53 Å². The fourth-order valence-electron chi connectivity index (χ4n) is 2.55. The number of nitrogens with two attached hydrogens (primary N) is 1. The zero-order valence-corrected chi connectivity index (χ0v) is 11.5. The van der Waals surface area contributed by atoms with Crippen LogP contribution in [0.3, 0.4) is 0 Å². The number of nitrogens with zero attached hydrogens (tertiary/aromatic N) is 2. The summed E-state index contributed by atoms with van der Waals surface area (Å²) in [6, 6.07) is 0.835. The summed E-state index contributed by atoms with van der Waals surface area (Å²) in [5, 5.41) is 0. The van der Waals surface area contributed by atoms with Crippen LogP contribution in [0.4, 0.5) is 0 Å². The van der Waals surface area contributed by atoms with Crippen molar-refractivity contribution in [1.29, 1.82) is 0 Å². The summed E-state index contributed by atoms with van der Waals surface area (Å²) in [5.41, 5.74) is 5.16. The van der Waals surface area contributed by atoms with Crippen LogP contribution < -0.4 is 5.73 Å². The highest BCUT2D eigenvalue weighted by Gasteiger charge is 2.35. The second-order valence-corrected chi connectivity index (χ2v) is 5.68. The Labute approximate surface area is 109 Å². The molecule has 1 heterocycles. The van der Waals surface area contributed by atoms with Gasteiger partial charge in [-0.1, -0.05) is 0 Å². The number of ether oxygens (including phenoxy) is 1. The quantitative estimate of drug-likeness (QED) is 0.703. The maximum absolute atomic E-state index is 11.7. The molecule has 1 saturated carbocycles. The van der Waals surface area contributed by atoms with Gasteiger partial charge in [0.15, 0.2) is 0 Å². The zero-order chi connectivity index (χ0) is 13.2. The van der Waals surface area contributed by atoms with Gasteiger partial charge in [0.05, 0.1) is 6.61 Å². The van der Waals surface area contributed by atoms with E-state index in [2.05, 4.69) is 9.80 Å². The van der Waals surface area contributed by atoms with Gasteiger partial charge in [-0.05, 0) is 26.7 Å². The predicted octanol–water partition coefficient (Wildman–Crippen LogP) is 0.0469. The maximum atomic E-state index is 11.7. The SMILES string of the molecule is CCOC(=O)C(C)(N)CN1CCN(C2CC2)CC1. The third kappa shape index (κ3) is 3.43. The van der Waals surface area contributed by atoms with Crippen molar-refractivity contribution in [3.8, 4) is 0 Å². The Morgan fingerprint density at radius 3 is 2.44 bits per heavy atom. The first-order valence-corrected chi connectivity index (χ1v) is 6.95. The normalized spacial score (nSPS) is 25.7. The number of hydrogen-bond acceptors (Lipinski definition) is 5. The number of piperazine rings is 1. The first-order valence-electron chi connectivity index (χ1n) is 6.95. The van der Waals surface area contributed by atoms with E-state index in [4.69, 9.17) is 10.5 Å². The van der Waals surface area contributed by atoms with Crippen LogP contribution in [0.25, 0.3) is 0 Å². The molecular weight excluding hydrogens is 230 g/mol. The average Bonchev–Trinajstić information content (AvgIpc) is 3.14. The van der Waals surface area contributed by atoms with Crippen LogP contribution in [0.15, 0.2) is 0 Å². The molecule has 2 N–H and O–H groups in total. The summed E-state index contributed by atoms with van der Waals surface area (Å²) in [7, 11) is 0. The summed E-state index contributed by atoms with van der Waals surface area (Å²) in [6.07, 6.45) is 2.72. The van der Waals surface area contributed by atoms with Gasteiger partial charge in [-0.25, -0.2) is 0 Å². The van der Waals surface area contributed by atoms with Crippen molar-refractivity contribution in [2.45, 2.75) is 38.3 Å². The first-order chi connectivity index (χ1) is 8.53. The van der Waals surface area contributed by atoms with Crippen molar-refractivity contribution in [2.75, 3.05) is 39.3 Å². The van der Waals surface area contributed by atoms with Gasteiger partial charge in [-0.2, -0.15) is 0 Å². The molecule has 5 heteroatoms. The van der Waals surface area contributed by atoms with Gasteiger partial charge in [0.1, 0.15) is 5.54 Å². The molecule has 0 bridgehead atoms. The molecule has 104 valence electrons. The summed E-state index contributed by atoms with van der Waals surface area (Å²) in [4.78, 5) is 16.6. The van der Waals surface area contributed by atoms with Crippen molar-refractivity contribution in [3.63, 3.8) is 0 Å². The molecule has 2 fully saturated rings. The van der Waals surface area contributed by atoms with E-state index in [1.165, 1.54) is 12.8 Å². The lowest BCUT2D eigenvalue weighted by Gasteiger charge is -2.37. The molecule has 0 aromatic rings. The van der Waals surface area contributed by atoms with Crippen molar-refractivity contribution in [2.24, 2.45) is 5.73 Å². The third-order valence-electron chi connectivity index (χ3n) is 3.76. The topological polar surface area (TPSA) is 58.8 Å². The standard InChI is InChI=1S/C13H25N3O2/c1-3-18-12(17)13(2,14)10-15-6-8-16(9-7-15)11-4-5-11/h11H,3-10,14H2,1-2H3. The second kappa shape index (κ2) is 5.55. The van der Waals surface area contributed by atoms with Gasteiger partial charge in [-0.3, -0.25) is 14.6 Å². The molecule has 1 aliphatic carbocycles. The lowest BCUT2D eigenvalue weighted by molar-refractivity contribution is -0.149. The fourth-order valence-corrected chi connectivity index (χ4v) is 2.55. The second-order valence-electron chi connectivity index (χ2n) is 5.68.